The summed E-state index contributed by atoms with van der Waals surface area (Å²) in [6, 6.07) is 0.380. The van der Waals surface area contributed by atoms with Crippen LogP contribution < -0.4 is 10.6 Å². The van der Waals surface area contributed by atoms with Crippen molar-refractivity contribution in [2.45, 2.75) is 45.1 Å². The number of nitrogens with one attached hydrogen (secondary N) is 2. The van der Waals surface area contributed by atoms with Crippen LogP contribution in [0, 0.1) is 5.41 Å². The first kappa shape index (κ1) is 13.2. The maximum absolute atomic E-state index is 11.8. The predicted octanol–water partition coefficient (Wildman–Crippen LogP) is 1.78. The van der Waals surface area contributed by atoms with Crippen LogP contribution in [-0.2, 0) is 4.79 Å². The molecule has 4 heteroatoms. The third-order valence-electron chi connectivity index (χ3n) is 3.95. The zero-order chi connectivity index (χ0) is 12.1. The molecule has 1 aliphatic carbocycles. The lowest BCUT2D eigenvalue weighted by molar-refractivity contribution is -0.121. The average molecular weight is 256 g/mol. The van der Waals surface area contributed by atoms with Gasteiger partial charge in [0.25, 0.3) is 0 Å². The second kappa shape index (κ2) is 6.10. The SMILES string of the molecule is CC1(CNC(=O)CC2CSCCN2)CCCC1. The van der Waals surface area contributed by atoms with E-state index >= 15 is 0 Å². The van der Waals surface area contributed by atoms with Crippen LogP contribution in [0.1, 0.15) is 39.0 Å². The molecule has 0 spiro atoms. The summed E-state index contributed by atoms with van der Waals surface area (Å²) in [5.74, 6) is 2.47. The highest BCUT2D eigenvalue weighted by molar-refractivity contribution is 7.99. The maximum atomic E-state index is 11.8. The molecule has 1 saturated heterocycles. The topological polar surface area (TPSA) is 41.1 Å². The fraction of sp³-hybridized carbons (Fsp3) is 0.923. The Balaban J connectivity index is 1.66. The first-order valence-corrected chi connectivity index (χ1v) is 7.91. The second-order valence-electron chi connectivity index (χ2n) is 5.72. The minimum atomic E-state index is 0.220. The van der Waals surface area contributed by atoms with Crippen molar-refractivity contribution in [2.75, 3.05) is 24.6 Å². The monoisotopic (exact) mass is 256 g/mol. The zero-order valence-corrected chi connectivity index (χ0v) is 11.6. The molecular formula is C13H24N2OS. The van der Waals surface area contributed by atoms with Gasteiger partial charge in [-0.15, -0.1) is 0 Å². The van der Waals surface area contributed by atoms with E-state index in [9.17, 15) is 4.79 Å². The zero-order valence-electron chi connectivity index (χ0n) is 10.8. The van der Waals surface area contributed by atoms with Gasteiger partial charge < -0.3 is 10.6 Å². The van der Waals surface area contributed by atoms with Crippen LogP contribution in [0.3, 0.4) is 0 Å². The van der Waals surface area contributed by atoms with Gasteiger partial charge in [-0.1, -0.05) is 19.8 Å². The van der Waals surface area contributed by atoms with Crippen molar-refractivity contribution < 1.29 is 4.79 Å². The van der Waals surface area contributed by atoms with Gasteiger partial charge in [-0.25, -0.2) is 0 Å². The highest BCUT2D eigenvalue weighted by Gasteiger charge is 2.29. The van der Waals surface area contributed by atoms with E-state index in [-0.39, 0.29) is 5.91 Å². The Morgan fingerprint density at radius 1 is 1.47 bits per heavy atom. The normalized spacial score (nSPS) is 27.9. The number of carbonyl (C=O) groups is 1. The van der Waals surface area contributed by atoms with E-state index in [4.69, 9.17) is 0 Å². The largest absolute Gasteiger partial charge is 0.356 e. The average Bonchev–Trinajstić information content (AvgIpc) is 2.76. The van der Waals surface area contributed by atoms with Gasteiger partial charge in [-0.05, 0) is 18.3 Å². The van der Waals surface area contributed by atoms with Crippen molar-refractivity contribution in [3.8, 4) is 0 Å². The molecule has 1 heterocycles. The van der Waals surface area contributed by atoms with Gasteiger partial charge in [0.05, 0.1) is 0 Å². The Bertz CT molecular complexity index is 258. The Morgan fingerprint density at radius 3 is 2.88 bits per heavy atom. The molecule has 0 radical (unpaired) electrons. The molecule has 1 aliphatic heterocycles. The number of carbonyl (C=O) groups excluding carboxylic acids is 1. The summed E-state index contributed by atoms with van der Waals surface area (Å²) in [5.41, 5.74) is 0.365. The predicted molar refractivity (Wildman–Crippen MR) is 73.3 cm³/mol. The van der Waals surface area contributed by atoms with E-state index < -0.39 is 0 Å². The third kappa shape index (κ3) is 4.18. The van der Waals surface area contributed by atoms with Crippen molar-refractivity contribution >= 4 is 17.7 Å². The van der Waals surface area contributed by atoms with Gasteiger partial charge in [0.2, 0.25) is 5.91 Å². The molecule has 1 saturated carbocycles. The number of hydrogen-bond acceptors (Lipinski definition) is 3. The van der Waals surface area contributed by atoms with E-state index in [0.29, 0.717) is 17.9 Å². The molecule has 17 heavy (non-hydrogen) atoms. The lowest BCUT2D eigenvalue weighted by atomic mass is 9.89. The molecule has 98 valence electrons. The number of amides is 1. The molecule has 0 aromatic rings. The van der Waals surface area contributed by atoms with Crippen LogP contribution in [0.25, 0.3) is 0 Å². The Kier molecular flexibility index (Phi) is 4.74. The summed E-state index contributed by atoms with van der Waals surface area (Å²) in [4.78, 5) is 11.8. The summed E-state index contributed by atoms with van der Waals surface area (Å²) in [7, 11) is 0. The molecule has 2 N–H and O–H groups in total. The van der Waals surface area contributed by atoms with Crippen molar-refractivity contribution in [3.05, 3.63) is 0 Å². The van der Waals surface area contributed by atoms with Crippen LogP contribution in [0.4, 0.5) is 0 Å². The van der Waals surface area contributed by atoms with Gasteiger partial charge in [0, 0.05) is 37.1 Å². The van der Waals surface area contributed by atoms with Crippen molar-refractivity contribution in [3.63, 3.8) is 0 Å². The Hall–Kier alpha value is -0.220. The third-order valence-corrected chi connectivity index (χ3v) is 5.08. The lowest BCUT2D eigenvalue weighted by Crippen LogP contribution is -2.42. The number of hydrogen-bond donors (Lipinski definition) is 2. The highest BCUT2D eigenvalue weighted by Crippen LogP contribution is 2.36. The summed E-state index contributed by atoms with van der Waals surface area (Å²) in [6.07, 6.45) is 5.83. The van der Waals surface area contributed by atoms with E-state index in [0.717, 1.165) is 18.8 Å². The molecule has 0 bridgehead atoms. The summed E-state index contributed by atoms with van der Waals surface area (Å²) >= 11 is 1.95. The Labute approximate surface area is 108 Å². The standard InChI is InChI=1S/C13H24N2OS/c1-13(4-2-3-5-13)10-15-12(16)8-11-9-17-7-6-14-11/h11,14H,2-10H2,1H3,(H,15,16). The molecule has 3 nitrogen and oxygen atoms in total. The molecule has 2 aliphatic rings. The van der Waals surface area contributed by atoms with Crippen LogP contribution in [0.5, 0.6) is 0 Å². The first-order chi connectivity index (χ1) is 8.18. The van der Waals surface area contributed by atoms with Crippen LogP contribution >= 0.6 is 11.8 Å². The quantitative estimate of drug-likeness (QED) is 0.805. The molecule has 2 fully saturated rings. The van der Waals surface area contributed by atoms with E-state index in [2.05, 4.69) is 17.6 Å². The molecule has 0 aromatic carbocycles. The minimum Gasteiger partial charge on any atom is -0.356 e. The highest BCUT2D eigenvalue weighted by atomic mass is 32.2. The molecule has 1 amide bonds. The molecule has 1 atom stereocenters. The van der Waals surface area contributed by atoms with Gasteiger partial charge in [0.15, 0.2) is 0 Å². The molecule has 0 aromatic heterocycles. The van der Waals surface area contributed by atoms with Gasteiger partial charge in [0.1, 0.15) is 0 Å². The first-order valence-electron chi connectivity index (χ1n) is 6.76. The molecular weight excluding hydrogens is 232 g/mol. The van der Waals surface area contributed by atoms with Crippen LogP contribution in [0.2, 0.25) is 0 Å². The van der Waals surface area contributed by atoms with Gasteiger partial charge >= 0.3 is 0 Å². The second-order valence-corrected chi connectivity index (χ2v) is 6.87. The fourth-order valence-electron chi connectivity index (χ4n) is 2.76. The van der Waals surface area contributed by atoms with Crippen LogP contribution in [-0.4, -0.2) is 36.5 Å². The van der Waals surface area contributed by atoms with E-state index in [1.165, 1.54) is 31.4 Å². The summed E-state index contributed by atoms with van der Waals surface area (Å²) < 4.78 is 0. The van der Waals surface area contributed by atoms with E-state index in [1.807, 2.05) is 11.8 Å². The maximum Gasteiger partial charge on any atom is 0.221 e. The van der Waals surface area contributed by atoms with Crippen molar-refractivity contribution in [2.24, 2.45) is 5.41 Å². The Morgan fingerprint density at radius 2 is 2.24 bits per heavy atom. The van der Waals surface area contributed by atoms with Gasteiger partial charge in [-0.3, -0.25) is 4.79 Å². The summed E-state index contributed by atoms with van der Waals surface area (Å²) in [5, 5.41) is 6.53. The van der Waals surface area contributed by atoms with Gasteiger partial charge in [-0.2, -0.15) is 11.8 Å². The number of thioether (sulfide) groups is 1. The fourth-order valence-corrected chi connectivity index (χ4v) is 3.71. The van der Waals surface area contributed by atoms with Crippen molar-refractivity contribution in [1.29, 1.82) is 0 Å². The van der Waals surface area contributed by atoms with E-state index in [1.54, 1.807) is 0 Å². The molecule has 1 unspecified atom stereocenters. The minimum absolute atomic E-state index is 0.220. The molecule has 2 rings (SSSR count). The van der Waals surface area contributed by atoms with Crippen molar-refractivity contribution in [1.82, 2.24) is 10.6 Å². The lowest BCUT2D eigenvalue weighted by Gasteiger charge is -2.26. The van der Waals surface area contributed by atoms with Crippen LogP contribution in [0.15, 0.2) is 0 Å². The number of rotatable bonds is 4. The summed E-state index contributed by atoms with van der Waals surface area (Å²) in [6.45, 7) is 4.21. The smallest absolute Gasteiger partial charge is 0.221 e.